The number of rotatable bonds is 4. The Morgan fingerprint density at radius 1 is 1.15 bits per heavy atom. The van der Waals surface area contributed by atoms with E-state index in [1.807, 2.05) is 30.5 Å². The van der Waals surface area contributed by atoms with Crippen LogP contribution in [0.3, 0.4) is 0 Å². The summed E-state index contributed by atoms with van der Waals surface area (Å²) in [6.45, 7) is 2.56. The number of likely N-dealkylation sites (tertiary alicyclic amines) is 1. The Balaban J connectivity index is 1.35. The summed E-state index contributed by atoms with van der Waals surface area (Å²) in [6, 6.07) is 8.23. The maximum absolute atomic E-state index is 12.5. The van der Waals surface area contributed by atoms with E-state index in [-0.39, 0.29) is 5.56 Å². The molecule has 1 fully saturated rings. The van der Waals surface area contributed by atoms with Crippen LogP contribution >= 0.6 is 0 Å². The second-order valence-corrected chi connectivity index (χ2v) is 7.81. The third kappa shape index (κ3) is 3.30. The molecule has 3 aromatic heterocycles. The van der Waals surface area contributed by atoms with Gasteiger partial charge in [0.05, 0.1) is 17.9 Å². The number of imidazole rings is 1. The lowest BCUT2D eigenvalue weighted by Crippen LogP contribution is -2.37. The van der Waals surface area contributed by atoms with Crippen molar-refractivity contribution in [2.45, 2.75) is 57.7 Å². The minimum atomic E-state index is 0.0511. The van der Waals surface area contributed by atoms with Crippen molar-refractivity contribution in [1.82, 2.24) is 24.1 Å². The lowest BCUT2D eigenvalue weighted by molar-refractivity contribution is 0.214. The van der Waals surface area contributed by atoms with E-state index >= 15 is 0 Å². The summed E-state index contributed by atoms with van der Waals surface area (Å²) in [5, 5.41) is 4.71. The SMILES string of the molecule is O=c1cc2c(nn1CC1CCCN1Cc1cn3ccccc3n1)CCCC2. The van der Waals surface area contributed by atoms with Crippen molar-refractivity contribution in [2.75, 3.05) is 6.54 Å². The average Bonchev–Trinajstić information content (AvgIpc) is 3.29. The van der Waals surface area contributed by atoms with E-state index in [9.17, 15) is 4.79 Å². The molecule has 0 N–H and O–H groups in total. The summed E-state index contributed by atoms with van der Waals surface area (Å²) < 4.78 is 3.77. The zero-order chi connectivity index (χ0) is 18.2. The number of aromatic nitrogens is 4. The summed E-state index contributed by atoms with van der Waals surface area (Å²) in [6.07, 6.45) is 10.8. The molecule has 6 nitrogen and oxygen atoms in total. The first-order valence-electron chi connectivity index (χ1n) is 10.0. The molecule has 0 radical (unpaired) electrons. The van der Waals surface area contributed by atoms with E-state index in [1.54, 1.807) is 4.68 Å². The molecule has 0 spiro atoms. The van der Waals surface area contributed by atoms with Gasteiger partial charge in [-0.25, -0.2) is 9.67 Å². The van der Waals surface area contributed by atoms with Gasteiger partial charge in [0.15, 0.2) is 0 Å². The van der Waals surface area contributed by atoms with Gasteiger partial charge in [-0.15, -0.1) is 0 Å². The molecule has 1 aliphatic carbocycles. The maximum Gasteiger partial charge on any atom is 0.267 e. The van der Waals surface area contributed by atoms with E-state index in [2.05, 4.69) is 15.5 Å². The van der Waals surface area contributed by atoms with E-state index < -0.39 is 0 Å². The third-order valence-electron chi connectivity index (χ3n) is 5.94. The fraction of sp³-hybridized carbons (Fsp3) is 0.476. The summed E-state index contributed by atoms with van der Waals surface area (Å²) in [4.78, 5) is 19.7. The largest absolute Gasteiger partial charge is 0.307 e. The summed E-state index contributed by atoms with van der Waals surface area (Å²) in [5.74, 6) is 0. The number of nitrogens with zero attached hydrogens (tertiary/aromatic N) is 5. The minimum Gasteiger partial charge on any atom is -0.307 e. The smallest absolute Gasteiger partial charge is 0.267 e. The predicted octanol–water partition coefficient (Wildman–Crippen LogP) is 2.43. The van der Waals surface area contributed by atoms with Crippen LogP contribution < -0.4 is 5.56 Å². The Kier molecular flexibility index (Phi) is 4.28. The molecule has 3 aromatic rings. The van der Waals surface area contributed by atoms with Gasteiger partial charge in [-0.05, 0) is 62.8 Å². The molecule has 0 aromatic carbocycles. The van der Waals surface area contributed by atoms with Crippen molar-refractivity contribution in [1.29, 1.82) is 0 Å². The number of aryl methyl sites for hydroxylation is 2. The molecular weight excluding hydrogens is 338 g/mol. The molecule has 0 bridgehead atoms. The van der Waals surface area contributed by atoms with Crippen molar-refractivity contribution < 1.29 is 0 Å². The summed E-state index contributed by atoms with van der Waals surface area (Å²) in [7, 11) is 0. The molecule has 1 aliphatic heterocycles. The van der Waals surface area contributed by atoms with Crippen LogP contribution in [-0.2, 0) is 25.9 Å². The van der Waals surface area contributed by atoms with E-state index in [4.69, 9.17) is 10.1 Å². The van der Waals surface area contributed by atoms with Crippen LogP contribution in [0.2, 0.25) is 0 Å². The molecule has 1 saturated heterocycles. The lowest BCUT2D eigenvalue weighted by Gasteiger charge is -2.24. The van der Waals surface area contributed by atoms with Gasteiger partial charge in [-0.2, -0.15) is 5.10 Å². The van der Waals surface area contributed by atoms with Gasteiger partial charge in [-0.1, -0.05) is 6.07 Å². The van der Waals surface area contributed by atoms with Crippen LogP contribution in [0, 0.1) is 0 Å². The third-order valence-corrected chi connectivity index (χ3v) is 5.94. The van der Waals surface area contributed by atoms with Crippen molar-refractivity contribution in [3.8, 4) is 0 Å². The molecule has 0 amide bonds. The lowest BCUT2D eigenvalue weighted by atomic mass is 9.97. The molecule has 27 heavy (non-hydrogen) atoms. The van der Waals surface area contributed by atoms with Gasteiger partial charge in [0, 0.05) is 31.0 Å². The van der Waals surface area contributed by atoms with Crippen LogP contribution in [0.1, 0.15) is 42.6 Å². The van der Waals surface area contributed by atoms with Crippen LogP contribution in [0.25, 0.3) is 5.65 Å². The summed E-state index contributed by atoms with van der Waals surface area (Å²) in [5.41, 5.74) is 4.41. The predicted molar refractivity (Wildman–Crippen MR) is 104 cm³/mol. The van der Waals surface area contributed by atoms with Crippen LogP contribution in [0.4, 0.5) is 0 Å². The van der Waals surface area contributed by atoms with E-state index in [1.165, 1.54) is 12.8 Å². The maximum atomic E-state index is 12.5. The topological polar surface area (TPSA) is 55.4 Å². The van der Waals surface area contributed by atoms with Gasteiger partial charge in [-0.3, -0.25) is 9.69 Å². The number of hydrogen-bond acceptors (Lipinski definition) is 4. The highest BCUT2D eigenvalue weighted by atomic mass is 16.1. The van der Waals surface area contributed by atoms with E-state index in [0.29, 0.717) is 12.6 Å². The standard InChI is InChI=1S/C21H25N5O/c27-21-12-16-6-1-2-8-19(16)23-26(21)15-18-7-5-11-24(18)13-17-14-25-10-4-3-9-20(25)22-17/h3-4,9-10,12,14,18H,1-2,5-8,11,13,15H2. The Hall–Kier alpha value is -2.47. The molecule has 6 heteroatoms. The fourth-order valence-electron chi connectivity index (χ4n) is 4.51. The Labute approximate surface area is 158 Å². The highest BCUT2D eigenvalue weighted by Crippen LogP contribution is 2.22. The van der Waals surface area contributed by atoms with Gasteiger partial charge >= 0.3 is 0 Å². The van der Waals surface area contributed by atoms with Gasteiger partial charge < -0.3 is 4.40 Å². The minimum absolute atomic E-state index is 0.0511. The number of pyridine rings is 1. The molecule has 5 rings (SSSR count). The second kappa shape index (κ2) is 6.93. The Morgan fingerprint density at radius 2 is 2.07 bits per heavy atom. The van der Waals surface area contributed by atoms with Crippen LogP contribution in [-0.4, -0.2) is 36.7 Å². The van der Waals surface area contributed by atoms with Gasteiger partial charge in [0.25, 0.3) is 5.56 Å². The first-order chi connectivity index (χ1) is 13.3. The van der Waals surface area contributed by atoms with Crippen molar-refractivity contribution in [3.05, 3.63) is 64.0 Å². The molecule has 2 aliphatic rings. The molecule has 1 unspecified atom stereocenters. The number of fused-ring (bicyclic) bond motifs is 2. The van der Waals surface area contributed by atoms with Crippen molar-refractivity contribution in [2.24, 2.45) is 0 Å². The van der Waals surface area contributed by atoms with Crippen LogP contribution in [0.15, 0.2) is 41.5 Å². The first kappa shape index (κ1) is 16.7. The van der Waals surface area contributed by atoms with E-state index in [0.717, 1.165) is 61.4 Å². The zero-order valence-corrected chi connectivity index (χ0v) is 15.5. The van der Waals surface area contributed by atoms with Gasteiger partial charge in [0.1, 0.15) is 5.65 Å². The average molecular weight is 363 g/mol. The van der Waals surface area contributed by atoms with Crippen LogP contribution in [0.5, 0.6) is 0 Å². The Bertz CT molecular complexity index is 988. The normalized spacial score (nSPS) is 20.2. The molecular formula is C21H25N5O. The van der Waals surface area contributed by atoms with Crippen molar-refractivity contribution in [3.63, 3.8) is 0 Å². The molecule has 0 saturated carbocycles. The monoisotopic (exact) mass is 363 g/mol. The number of hydrogen-bond donors (Lipinski definition) is 0. The molecule has 1 atom stereocenters. The quantitative estimate of drug-likeness (QED) is 0.714. The van der Waals surface area contributed by atoms with Gasteiger partial charge in [0.2, 0.25) is 0 Å². The second-order valence-electron chi connectivity index (χ2n) is 7.81. The van der Waals surface area contributed by atoms with Crippen molar-refractivity contribution >= 4 is 5.65 Å². The molecule has 4 heterocycles. The fourth-order valence-corrected chi connectivity index (χ4v) is 4.51. The first-order valence-corrected chi connectivity index (χ1v) is 10.0. The molecule has 140 valence electrons. The highest BCUT2D eigenvalue weighted by molar-refractivity contribution is 5.39. The highest BCUT2D eigenvalue weighted by Gasteiger charge is 2.26. The summed E-state index contributed by atoms with van der Waals surface area (Å²) >= 11 is 0. The zero-order valence-electron chi connectivity index (χ0n) is 15.5. The Morgan fingerprint density at radius 3 is 3.00 bits per heavy atom.